The van der Waals surface area contributed by atoms with Crippen LogP contribution in [0.25, 0.3) is 0 Å². The van der Waals surface area contributed by atoms with Gasteiger partial charge in [-0.25, -0.2) is 4.39 Å². The van der Waals surface area contributed by atoms with E-state index in [1.807, 2.05) is 0 Å². The summed E-state index contributed by atoms with van der Waals surface area (Å²) in [5.41, 5.74) is 0.461. The maximum absolute atomic E-state index is 12.9. The molecule has 0 aliphatic heterocycles. The molecule has 0 bridgehead atoms. The number of anilines is 1. The molecule has 0 aromatic heterocycles. The van der Waals surface area contributed by atoms with Crippen molar-refractivity contribution in [3.05, 3.63) is 29.0 Å². The molecule has 0 spiro atoms. The van der Waals surface area contributed by atoms with E-state index in [0.29, 0.717) is 25.1 Å². The predicted octanol–water partition coefficient (Wildman–Crippen LogP) is 2.72. The Morgan fingerprint density at radius 3 is 2.75 bits per heavy atom. The molecule has 20 heavy (non-hydrogen) atoms. The Bertz CT molecular complexity index is 518. The van der Waals surface area contributed by atoms with E-state index in [9.17, 15) is 14.0 Å². The van der Waals surface area contributed by atoms with Crippen molar-refractivity contribution in [2.45, 2.75) is 25.7 Å². The number of hydrogen-bond donors (Lipinski definition) is 2. The summed E-state index contributed by atoms with van der Waals surface area (Å²) in [6, 6.07) is 4.02. The van der Waals surface area contributed by atoms with Crippen LogP contribution < -0.4 is 10.6 Å². The molecular formula is C14H16ClFN2O2. The first-order valence-corrected chi connectivity index (χ1v) is 6.96. The minimum Gasteiger partial charge on any atom is -0.356 e. The summed E-state index contributed by atoms with van der Waals surface area (Å²) in [4.78, 5) is 23.0. The smallest absolute Gasteiger partial charge is 0.224 e. The lowest BCUT2D eigenvalue weighted by Gasteiger charge is -2.07. The molecule has 2 amide bonds. The SMILES string of the molecule is O=C(CCCNC(=O)C1CC1)Nc1ccc(F)c(Cl)c1. The van der Waals surface area contributed by atoms with Gasteiger partial charge in [0.15, 0.2) is 0 Å². The van der Waals surface area contributed by atoms with Crippen molar-refractivity contribution >= 4 is 29.1 Å². The molecule has 1 aromatic rings. The molecule has 0 unspecified atom stereocenters. The van der Waals surface area contributed by atoms with E-state index in [-0.39, 0.29) is 22.8 Å². The number of hydrogen-bond acceptors (Lipinski definition) is 2. The van der Waals surface area contributed by atoms with Gasteiger partial charge in [-0.05, 0) is 37.5 Å². The fraction of sp³-hybridized carbons (Fsp3) is 0.429. The first-order chi connectivity index (χ1) is 9.56. The molecule has 2 rings (SSSR count). The molecule has 1 fully saturated rings. The zero-order valence-corrected chi connectivity index (χ0v) is 11.7. The lowest BCUT2D eigenvalue weighted by Crippen LogP contribution is -2.26. The van der Waals surface area contributed by atoms with Crippen molar-refractivity contribution < 1.29 is 14.0 Å². The van der Waals surface area contributed by atoms with E-state index in [2.05, 4.69) is 10.6 Å². The van der Waals surface area contributed by atoms with Crippen molar-refractivity contribution in [2.24, 2.45) is 5.92 Å². The van der Waals surface area contributed by atoms with Crippen LogP contribution in [-0.2, 0) is 9.59 Å². The number of carbonyl (C=O) groups is 2. The van der Waals surface area contributed by atoms with E-state index in [0.717, 1.165) is 12.8 Å². The van der Waals surface area contributed by atoms with Gasteiger partial charge in [-0.1, -0.05) is 11.6 Å². The fourth-order valence-electron chi connectivity index (χ4n) is 1.75. The molecule has 0 saturated heterocycles. The van der Waals surface area contributed by atoms with Crippen LogP contribution in [0.2, 0.25) is 5.02 Å². The van der Waals surface area contributed by atoms with Gasteiger partial charge in [-0.3, -0.25) is 9.59 Å². The van der Waals surface area contributed by atoms with E-state index in [4.69, 9.17) is 11.6 Å². The van der Waals surface area contributed by atoms with Crippen LogP contribution in [0.1, 0.15) is 25.7 Å². The molecule has 6 heteroatoms. The Morgan fingerprint density at radius 1 is 1.35 bits per heavy atom. The number of rotatable bonds is 6. The topological polar surface area (TPSA) is 58.2 Å². The number of carbonyl (C=O) groups excluding carboxylic acids is 2. The normalized spacial score (nSPS) is 13.9. The van der Waals surface area contributed by atoms with Gasteiger partial charge in [0.1, 0.15) is 5.82 Å². The van der Waals surface area contributed by atoms with Crippen LogP contribution in [-0.4, -0.2) is 18.4 Å². The van der Waals surface area contributed by atoms with Gasteiger partial charge in [-0.15, -0.1) is 0 Å². The Balaban J connectivity index is 1.66. The number of nitrogens with one attached hydrogen (secondary N) is 2. The van der Waals surface area contributed by atoms with Crippen LogP contribution in [0.3, 0.4) is 0 Å². The monoisotopic (exact) mass is 298 g/mol. The number of halogens is 2. The molecule has 0 heterocycles. The van der Waals surface area contributed by atoms with Crippen molar-refractivity contribution in [3.8, 4) is 0 Å². The van der Waals surface area contributed by atoms with E-state index < -0.39 is 5.82 Å². The number of amides is 2. The molecule has 4 nitrogen and oxygen atoms in total. The zero-order chi connectivity index (χ0) is 14.5. The Labute approximate surface area is 121 Å². The van der Waals surface area contributed by atoms with Crippen LogP contribution in [0.4, 0.5) is 10.1 Å². The lowest BCUT2D eigenvalue weighted by atomic mass is 10.2. The van der Waals surface area contributed by atoms with Gasteiger partial charge < -0.3 is 10.6 Å². The van der Waals surface area contributed by atoms with E-state index in [1.165, 1.54) is 18.2 Å². The highest BCUT2D eigenvalue weighted by Gasteiger charge is 2.28. The standard InChI is InChI=1S/C14H16ClFN2O2/c15-11-8-10(5-6-12(11)16)18-13(19)2-1-7-17-14(20)9-3-4-9/h5-6,8-9H,1-4,7H2,(H,17,20)(H,18,19). The summed E-state index contributed by atoms with van der Waals surface area (Å²) < 4.78 is 12.9. The molecule has 2 N–H and O–H groups in total. The lowest BCUT2D eigenvalue weighted by molar-refractivity contribution is -0.122. The van der Waals surface area contributed by atoms with Gasteiger partial charge >= 0.3 is 0 Å². The predicted molar refractivity (Wildman–Crippen MR) is 75.0 cm³/mol. The molecular weight excluding hydrogens is 283 g/mol. The molecule has 108 valence electrons. The molecule has 0 atom stereocenters. The van der Waals surface area contributed by atoms with Gasteiger partial charge in [0.25, 0.3) is 0 Å². The van der Waals surface area contributed by atoms with Gasteiger partial charge in [0.05, 0.1) is 5.02 Å². The summed E-state index contributed by atoms with van der Waals surface area (Å²) in [7, 11) is 0. The van der Waals surface area contributed by atoms with Crippen molar-refractivity contribution in [3.63, 3.8) is 0 Å². The minimum atomic E-state index is -0.521. The van der Waals surface area contributed by atoms with Gasteiger partial charge in [0, 0.05) is 24.6 Å². The first kappa shape index (κ1) is 14.8. The third-order valence-corrected chi connectivity index (χ3v) is 3.32. The van der Waals surface area contributed by atoms with Crippen LogP contribution in [0, 0.1) is 11.7 Å². The summed E-state index contributed by atoms with van der Waals surface area (Å²) >= 11 is 5.62. The summed E-state index contributed by atoms with van der Waals surface area (Å²) in [5, 5.41) is 5.39. The van der Waals surface area contributed by atoms with Crippen LogP contribution in [0.5, 0.6) is 0 Å². The fourth-order valence-corrected chi connectivity index (χ4v) is 1.93. The summed E-state index contributed by atoms with van der Waals surface area (Å²) in [5.74, 6) is -0.443. The number of benzene rings is 1. The second-order valence-corrected chi connectivity index (χ2v) is 5.25. The first-order valence-electron chi connectivity index (χ1n) is 6.59. The molecule has 1 aromatic carbocycles. The van der Waals surface area contributed by atoms with E-state index in [1.54, 1.807) is 0 Å². The van der Waals surface area contributed by atoms with Crippen molar-refractivity contribution in [1.29, 1.82) is 0 Å². The summed E-state index contributed by atoms with van der Waals surface area (Å²) in [6.07, 6.45) is 2.80. The molecule has 0 radical (unpaired) electrons. The maximum atomic E-state index is 12.9. The summed E-state index contributed by atoms with van der Waals surface area (Å²) in [6.45, 7) is 0.493. The Hall–Kier alpha value is -1.62. The van der Waals surface area contributed by atoms with Crippen LogP contribution in [0.15, 0.2) is 18.2 Å². The van der Waals surface area contributed by atoms with Crippen LogP contribution >= 0.6 is 11.6 Å². The van der Waals surface area contributed by atoms with Gasteiger partial charge in [-0.2, -0.15) is 0 Å². The Morgan fingerprint density at radius 2 is 2.10 bits per heavy atom. The third kappa shape index (κ3) is 4.49. The molecule has 1 aliphatic rings. The average molecular weight is 299 g/mol. The quantitative estimate of drug-likeness (QED) is 0.793. The highest BCUT2D eigenvalue weighted by Crippen LogP contribution is 2.28. The third-order valence-electron chi connectivity index (χ3n) is 3.03. The molecule has 1 saturated carbocycles. The van der Waals surface area contributed by atoms with E-state index >= 15 is 0 Å². The second kappa shape index (κ2) is 6.70. The van der Waals surface area contributed by atoms with Gasteiger partial charge in [0.2, 0.25) is 11.8 Å². The van der Waals surface area contributed by atoms with Crippen molar-refractivity contribution in [2.75, 3.05) is 11.9 Å². The second-order valence-electron chi connectivity index (χ2n) is 4.85. The maximum Gasteiger partial charge on any atom is 0.224 e. The minimum absolute atomic E-state index is 0.0282. The zero-order valence-electron chi connectivity index (χ0n) is 10.9. The highest BCUT2D eigenvalue weighted by molar-refractivity contribution is 6.31. The molecule has 1 aliphatic carbocycles. The largest absolute Gasteiger partial charge is 0.356 e. The average Bonchev–Trinajstić information content (AvgIpc) is 3.23. The highest BCUT2D eigenvalue weighted by atomic mass is 35.5. The Kier molecular flexibility index (Phi) is 4.95. The van der Waals surface area contributed by atoms with Crippen molar-refractivity contribution in [1.82, 2.24) is 5.32 Å².